The maximum Gasteiger partial charge on any atom is 0.225 e. The Morgan fingerprint density at radius 2 is 2.04 bits per heavy atom. The molecule has 1 aliphatic heterocycles. The molecule has 6 nitrogen and oxygen atoms in total. The Morgan fingerprint density at radius 3 is 2.79 bits per heavy atom. The van der Waals surface area contributed by atoms with Crippen molar-refractivity contribution in [2.75, 3.05) is 36.9 Å². The van der Waals surface area contributed by atoms with E-state index in [1.165, 1.54) is 0 Å². The first kappa shape index (κ1) is 16.7. The molecular formula is C18H24N4O2. The van der Waals surface area contributed by atoms with Crippen LogP contribution in [0.5, 0.6) is 0 Å². The zero-order valence-electron chi connectivity index (χ0n) is 13.7. The molecule has 1 atom stereocenters. The predicted molar refractivity (Wildman–Crippen MR) is 95.1 cm³/mol. The average molecular weight is 328 g/mol. The van der Waals surface area contributed by atoms with Gasteiger partial charge in [0.05, 0.1) is 11.8 Å². The molecule has 0 spiro atoms. The maximum atomic E-state index is 8.93. The highest BCUT2D eigenvalue weighted by molar-refractivity contribution is 5.64. The van der Waals surface area contributed by atoms with Crippen molar-refractivity contribution in [2.45, 2.75) is 25.4 Å². The van der Waals surface area contributed by atoms with E-state index in [1.807, 2.05) is 36.4 Å². The molecule has 0 amide bonds. The van der Waals surface area contributed by atoms with Crippen LogP contribution in [0.3, 0.4) is 0 Å². The molecule has 128 valence electrons. The Balaban J connectivity index is 1.76. The third-order valence-electron chi connectivity index (χ3n) is 3.95. The van der Waals surface area contributed by atoms with Gasteiger partial charge in [0.2, 0.25) is 5.95 Å². The lowest BCUT2D eigenvalue weighted by Gasteiger charge is -2.14. The summed E-state index contributed by atoms with van der Waals surface area (Å²) in [7, 11) is 0. The van der Waals surface area contributed by atoms with Crippen LogP contribution in [0.15, 0.2) is 36.4 Å². The van der Waals surface area contributed by atoms with E-state index in [0.717, 1.165) is 43.1 Å². The summed E-state index contributed by atoms with van der Waals surface area (Å²) in [5.41, 5.74) is 1.91. The second-order valence-corrected chi connectivity index (χ2v) is 5.85. The molecule has 2 heterocycles. The number of hydrogen-bond acceptors (Lipinski definition) is 6. The summed E-state index contributed by atoms with van der Waals surface area (Å²) in [4.78, 5) is 9.10. The number of anilines is 2. The summed E-state index contributed by atoms with van der Waals surface area (Å²) >= 11 is 0. The van der Waals surface area contributed by atoms with Gasteiger partial charge in [0.15, 0.2) is 0 Å². The van der Waals surface area contributed by atoms with Crippen LogP contribution in [0.4, 0.5) is 11.8 Å². The largest absolute Gasteiger partial charge is 0.396 e. The van der Waals surface area contributed by atoms with E-state index < -0.39 is 0 Å². The minimum absolute atomic E-state index is 0.148. The van der Waals surface area contributed by atoms with Crippen molar-refractivity contribution in [3.63, 3.8) is 0 Å². The molecule has 6 heteroatoms. The molecule has 3 N–H and O–H groups in total. The highest BCUT2D eigenvalue weighted by Gasteiger charge is 2.15. The number of nitrogens with zero attached hydrogens (tertiary/aromatic N) is 2. The number of nitrogens with one attached hydrogen (secondary N) is 2. The van der Waals surface area contributed by atoms with Crippen molar-refractivity contribution in [2.24, 2.45) is 0 Å². The molecule has 0 bridgehead atoms. The fraction of sp³-hybridized carbons (Fsp3) is 0.444. The van der Waals surface area contributed by atoms with Gasteiger partial charge in [-0.3, -0.25) is 0 Å². The van der Waals surface area contributed by atoms with E-state index in [0.29, 0.717) is 18.9 Å². The van der Waals surface area contributed by atoms with Gasteiger partial charge in [-0.05, 0) is 19.3 Å². The first-order valence-corrected chi connectivity index (χ1v) is 8.50. The number of aliphatic hydroxyl groups excluding tert-OH is 1. The van der Waals surface area contributed by atoms with Crippen LogP contribution in [0, 0.1) is 0 Å². The van der Waals surface area contributed by atoms with Gasteiger partial charge in [-0.1, -0.05) is 30.3 Å². The van der Waals surface area contributed by atoms with Gasteiger partial charge in [0.25, 0.3) is 0 Å². The molecule has 0 unspecified atom stereocenters. The van der Waals surface area contributed by atoms with E-state index in [-0.39, 0.29) is 12.7 Å². The number of rotatable bonds is 8. The first-order chi connectivity index (χ1) is 11.8. The highest BCUT2D eigenvalue weighted by atomic mass is 16.5. The SMILES string of the molecule is OCCCNc1nc(NC[C@@H]2CCCO2)cc(-c2ccccc2)n1. The molecule has 3 rings (SSSR count). The van der Waals surface area contributed by atoms with E-state index in [2.05, 4.69) is 20.6 Å². The van der Waals surface area contributed by atoms with Crippen LogP contribution in [0.25, 0.3) is 11.3 Å². The molecule has 1 aromatic carbocycles. The van der Waals surface area contributed by atoms with Crippen LogP contribution in [0.2, 0.25) is 0 Å². The van der Waals surface area contributed by atoms with Crippen LogP contribution >= 0.6 is 0 Å². The van der Waals surface area contributed by atoms with Crippen LogP contribution in [0.1, 0.15) is 19.3 Å². The van der Waals surface area contributed by atoms with Crippen molar-refractivity contribution in [3.05, 3.63) is 36.4 Å². The smallest absolute Gasteiger partial charge is 0.225 e. The van der Waals surface area contributed by atoms with Crippen molar-refractivity contribution in [3.8, 4) is 11.3 Å². The summed E-state index contributed by atoms with van der Waals surface area (Å²) in [6.45, 7) is 2.39. The van der Waals surface area contributed by atoms with Crippen molar-refractivity contribution in [1.29, 1.82) is 0 Å². The molecule has 1 saturated heterocycles. The molecule has 0 radical (unpaired) electrons. The lowest BCUT2D eigenvalue weighted by Crippen LogP contribution is -2.19. The Bertz CT molecular complexity index is 630. The lowest BCUT2D eigenvalue weighted by atomic mass is 10.1. The second kappa shape index (κ2) is 8.61. The quantitative estimate of drug-likeness (QED) is 0.646. The third-order valence-corrected chi connectivity index (χ3v) is 3.95. The van der Waals surface area contributed by atoms with Gasteiger partial charge in [-0.2, -0.15) is 4.98 Å². The van der Waals surface area contributed by atoms with Gasteiger partial charge in [0, 0.05) is 37.9 Å². The Kier molecular flexibility index (Phi) is 5.98. The van der Waals surface area contributed by atoms with Crippen molar-refractivity contribution >= 4 is 11.8 Å². The molecule has 0 saturated carbocycles. The van der Waals surface area contributed by atoms with Gasteiger partial charge in [-0.15, -0.1) is 0 Å². The van der Waals surface area contributed by atoms with Crippen molar-refractivity contribution in [1.82, 2.24) is 9.97 Å². The third kappa shape index (κ3) is 4.66. The van der Waals surface area contributed by atoms with E-state index >= 15 is 0 Å². The number of aliphatic hydroxyl groups is 1. The number of ether oxygens (including phenoxy) is 1. The zero-order chi connectivity index (χ0) is 16.6. The topological polar surface area (TPSA) is 79.3 Å². The lowest BCUT2D eigenvalue weighted by molar-refractivity contribution is 0.120. The molecule has 24 heavy (non-hydrogen) atoms. The van der Waals surface area contributed by atoms with Gasteiger partial charge >= 0.3 is 0 Å². The Hall–Kier alpha value is -2.18. The highest BCUT2D eigenvalue weighted by Crippen LogP contribution is 2.22. The number of aromatic nitrogens is 2. The number of benzene rings is 1. The van der Waals surface area contributed by atoms with Gasteiger partial charge in [0.1, 0.15) is 5.82 Å². The average Bonchev–Trinajstić information content (AvgIpc) is 3.14. The molecule has 0 aliphatic carbocycles. The maximum absolute atomic E-state index is 8.93. The van der Waals surface area contributed by atoms with Crippen LogP contribution in [-0.4, -0.2) is 47.5 Å². The molecule has 1 aromatic heterocycles. The minimum atomic E-state index is 0.148. The fourth-order valence-corrected chi connectivity index (χ4v) is 2.68. The Morgan fingerprint density at radius 1 is 1.17 bits per heavy atom. The zero-order valence-corrected chi connectivity index (χ0v) is 13.7. The predicted octanol–water partition coefficient (Wildman–Crippen LogP) is 2.53. The van der Waals surface area contributed by atoms with Crippen molar-refractivity contribution < 1.29 is 9.84 Å². The fourth-order valence-electron chi connectivity index (χ4n) is 2.68. The second-order valence-electron chi connectivity index (χ2n) is 5.85. The van der Waals surface area contributed by atoms with E-state index in [1.54, 1.807) is 0 Å². The minimum Gasteiger partial charge on any atom is -0.396 e. The van der Waals surface area contributed by atoms with Crippen LogP contribution in [-0.2, 0) is 4.74 Å². The van der Waals surface area contributed by atoms with Crippen LogP contribution < -0.4 is 10.6 Å². The number of hydrogen-bond donors (Lipinski definition) is 3. The Labute approximate surface area is 142 Å². The summed E-state index contributed by atoms with van der Waals surface area (Å²) < 4.78 is 5.65. The summed E-state index contributed by atoms with van der Waals surface area (Å²) in [5, 5.41) is 15.5. The van der Waals surface area contributed by atoms with Gasteiger partial charge < -0.3 is 20.5 Å². The van der Waals surface area contributed by atoms with E-state index in [4.69, 9.17) is 9.84 Å². The van der Waals surface area contributed by atoms with E-state index in [9.17, 15) is 0 Å². The van der Waals surface area contributed by atoms with Gasteiger partial charge in [-0.25, -0.2) is 4.98 Å². The first-order valence-electron chi connectivity index (χ1n) is 8.50. The summed E-state index contributed by atoms with van der Waals surface area (Å²) in [6.07, 6.45) is 3.13. The molecule has 2 aromatic rings. The summed E-state index contributed by atoms with van der Waals surface area (Å²) in [6, 6.07) is 12.0. The standard InChI is InChI=1S/C18H24N4O2/c23-10-5-9-19-18-21-16(14-6-2-1-3-7-14)12-17(22-18)20-13-15-8-4-11-24-15/h1-3,6-7,12,15,23H,4-5,8-11,13H2,(H2,19,20,21,22)/t15-/m0/s1. The summed E-state index contributed by atoms with van der Waals surface area (Å²) in [5.74, 6) is 1.35. The molecule has 1 fully saturated rings. The molecular weight excluding hydrogens is 304 g/mol. The molecule has 1 aliphatic rings. The normalized spacial score (nSPS) is 17.0. The monoisotopic (exact) mass is 328 g/mol.